The van der Waals surface area contributed by atoms with E-state index in [1.165, 1.54) is 18.4 Å². The summed E-state index contributed by atoms with van der Waals surface area (Å²) in [5, 5.41) is 0. The van der Waals surface area contributed by atoms with E-state index in [-0.39, 0.29) is 18.4 Å². The molecular formula is C12H14O4S. The van der Waals surface area contributed by atoms with E-state index in [4.69, 9.17) is 4.74 Å². The van der Waals surface area contributed by atoms with Crippen LogP contribution in [0, 0.1) is 0 Å². The molecule has 1 rings (SSSR count). The van der Waals surface area contributed by atoms with Crippen LogP contribution < -0.4 is 0 Å². The molecule has 0 fully saturated rings. The lowest BCUT2D eigenvalue weighted by atomic mass is 10.3. The van der Waals surface area contributed by atoms with Crippen LogP contribution in [-0.2, 0) is 14.3 Å². The van der Waals surface area contributed by atoms with Crippen molar-refractivity contribution in [1.82, 2.24) is 0 Å². The highest BCUT2D eigenvalue weighted by atomic mass is 32.1. The molecule has 92 valence electrons. The molecule has 0 saturated carbocycles. The van der Waals surface area contributed by atoms with Crippen molar-refractivity contribution >= 4 is 29.4 Å². The fourth-order valence-electron chi connectivity index (χ4n) is 1.14. The lowest BCUT2D eigenvalue weighted by molar-refractivity contribution is -0.142. The molecule has 0 aliphatic heterocycles. The Morgan fingerprint density at radius 2 is 2.18 bits per heavy atom. The predicted molar refractivity (Wildman–Crippen MR) is 65.9 cm³/mol. The van der Waals surface area contributed by atoms with Crippen molar-refractivity contribution < 1.29 is 19.1 Å². The van der Waals surface area contributed by atoms with Crippen LogP contribution in [0.1, 0.15) is 27.9 Å². The van der Waals surface area contributed by atoms with Crippen molar-refractivity contribution in [1.29, 1.82) is 0 Å². The first-order chi connectivity index (χ1) is 8.17. The summed E-state index contributed by atoms with van der Waals surface area (Å²) in [4.78, 5) is 23.7. The molecule has 5 heteroatoms. The minimum Gasteiger partial charge on any atom is -0.466 e. The third kappa shape index (κ3) is 4.40. The second-order valence-electron chi connectivity index (χ2n) is 3.11. The molecule has 0 N–H and O–H groups in total. The topological polar surface area (TPSA) is 52.6 Å². The van der Waals surface area contributed by atoms with E-state index in [1.54, 1.807) is 31.2 Å². The predicted octanol–water partition coefficient (Wildman–Crippen LogP) is 2.50. The molecule has 1 aromatic rings. The number of methoxy groups -OCH3 is 1. The molecule has 0 aliphatic carbocycles. The summed E-state index contributed by atoms with van der Waals surface area (Å²) in [7, 11) is 1.35. The molecular weight excluding hydrogens is 240 g/mol. The van der Waals surface area contributed by atoms with E-state index >= 15 is 0 Å². The Morgan fingerprint density at radius 1 is 1.41 bits per heavy atom. The van der Waals surface area contributed by atoms with Crippen LogP contribution >= 0.6 is 11.3 Å². The summed E-state index contributed by atoms with van der Waals surface area (Å²) in [6.45, 7) is 2.15. The van der Waals surface area contributed by atoms with Gasteiger partial charge in [0, 0.05) is 4.88 Å². The van der Waals surface area contributed by atoms with E-state index in [9.17, 15) is 9.59 Å². The molecule has 4 nitrogen and oxygen atoms in total. The van der Waals surface area contributed by atoms with Gasteiger partial charge in [0.05, 0.1) is 20.1 Å². The lowest BCUT2D eigenvalue weighted by Gasteiger charge is -1.96. The second-order valence-corrected chi connectivity index (χ2v) is 4.22. The van der Waals surface area contributed by atoms with E-state index in [0.29, 0.717) is 11.5 Å². The zero-order valence-corrected chi connectivity index (χ0v) is 10.6. The van der Waals surface area contributed by atoms with Gasteiger partial charge < -0.3 is 9.47 Å². The Morgan fingerprint density at radius 3 is 2.82 bits per heavy atom. The maximum Gasteiger partial charge on any atom is 0.348 e. The number of carbonyl (C=O) groups excluding carboxylic acids is 2. The zero-order chi connectivity index (χ0) is 12.7. The van der Waals surface area contributed by atoms with Crippen LogP contribution in [0.4, 0.5) is 0 Å². The van der Waals surface area contributed by atoms with Gasteiger partial charge >= 0.3 is 11.9 Å². The number of ether oxygens (including phenoxy) is 2. The number of esters is 2. The fourth-order valence-corrected chi connectivity index (χ4v) is 2.00. The van der Waals surface area contributed by atoms with Gasteiger partial charge in [-0.2, -0.15) is 0 Å². The summed E-state index contributed by atoms with van der Waals surface area (Å²) in [6.07, 6.45) is 3.73. The van der Waals surface area contributed by atoms with Gasteiger partial charge in [0.25, 0.3) is 0 Å². The smallest absolute Gasteiger partial charge is 0.348 e. The van der Waals surface area contributed by atoms with Crippen molar-refractivity contribution in [3.05, 3.63) is 28.0 Å². The molecule has 17 heavy (non-hydrogen) atoms. The van der Waals surface area contributed by atoms with Gasteiger partial charge in [-0.05, 0) is 25.1 Å². The van der Waals surface area contributed by atoms with Crippen LogP contribution in [0.15, 0.2) is 18.2 Å². The first kappa shape index (κ1) is 13.4. The fraction of sp³-hybridized carbons (Fsp3) is 0.333. The summed E-state index contributed by atoms with van der Waals surface area (Å²) >= 11 is 1.32. The maximum absolute atomic E-state index is 11.2. The van der Waals surface area contributed by atoms with Crippen molar-refractivity contribution in [3.8, 4) is 0 Å². The van der Waals surface area contributed by atoms with Gasteiger partial charge in [0.2, 0.25) is 0 Å². The lowest BCUT2D eigenvalue weighted by Crippen LogP contribution is -2.01. The highest BCUT2D eigenvalue weighted by molar-refractivity contribution is 7.14. The SMILES string of the molecule is CCOC(=O)CC=Cc1ccc(C(=O)OC)s1. The first-order valence-corrected chi connectivity index (χ1v) is 5.99. The molecule has 0 aromatic carbocycles. The van der Waals surface area contributed by atoms with E-state index < -0.39 is 0 Å². The van der Waals surface area contributed by atoms with Crippen molar-refractivity contribution in [2.24, 2.45) is 0 Å². The van der Waals surface area contributed by atoms with Crippen LogP contribution in [0.2, 0.25) is 0 Å². The Balaban J connectivity index is 2.51. The van der Waals surface area contributed by atoms with Crippen LogP contribution in [0.25, 0.3) is 6.08 Å². The molecule has 0 saturated heterocycles. The Kier molecular flexibility index (Phi) is 5.42. The summed E-state index contributed by atoms with van der Waals surface area (Å²) < 4.78 is 9.38. The Bertz CT molecular complexity index is 420. The molecule has 0 amide bonds. The largest absolute Gasteiger partial charge is 0.466 e. The molecule has 1 aromatic heterocycles. The van der Waals surface area contributed by atoms with E-state index in [0.717, 1.165) is 4.88 Å². The molecule has 0 aliphatic rings. The van der Waals surface area contributed by atoms with Crippen molar-refractivity contribution in [3.63, 3.8) is 0 Å². The van der Waals surface area contributed by atoms with E-state index in [1.807, 2.05) is 0 Å². The number of hydrogen-bond donors (Lipinski definition) is 0. The molecule has 0 atom stereocenters. The van der Waals surface area contributed by atoms with Gasteiger partial charge in [0.1, 0.15) is 4.88 Å². The Hall–Kier alpha value is -1.62. The van der Waals surface area contributed by atoms with Gasteiger partial charge in [-0.25, -0.2) is 4.79 Å². The quantitative estimate of drug-likeness (QED) is 0.757. The zero-order valence-electron chi connectivity index (χ0n) is 9.76. The number of rotatable bonds is 5. The number of thiophene rings is 1. The molecule has 0 unspecified atom stereocenters. The third-order valence-corrected chi connectivity index (χ3v) is 2.92. The van der Waals surface area contributed by atoms with Crippen LogP contribution in [0.5, 0.6) is 0 Å². The monoisotopic (exact) mass is 254 g/mol. The summed E-state index contributed by atoms with van der Waals surface area (Å²) in [5.74, 6) is -0.603. The van der Waals surface area contributed by atoms with Crippen molar-refractivity contribution in [2.75, 3.05) is 13.7 Å². The average molecular weight is 254 g/mol. The third-order valence-electron chi connectivity index (χ3n) is 1.89. The molecule has 0 spiro atoms. The Labute approximate surface area is 104 Å². The highest BCUT2D eigenvalue weighted by Gasteiger charge is 2.07. The van der Waals surface area contributed by atoms with Crippen LogP contribution in [-0.4, -0.2) is 25.7 Å². The van der Waals surface area contributed by atoms with Crippen LogP contribution in [0.3, 0.4) is 0 Å². The van der Waals surface area contributed by atoms with Crippen molar-refractivity contribution in [2.45, 2.75) is 13.3 Å². The normalized spacial score (nSPS) is 10.5. The van der Waals surface area contributed by atoms with Gasteiger partial charge in [-0.15, -0.1) is 11.3 Å². The minimum absolute atomic E-state index is 0.235. The first-order valence-electron chi connectivity index (χ1n) is 5.17. The highest BCUT2D eigenvalue weighted by Crippen LogP contribution is 2.18. The summed E-state index contributed by atoms with van der Waals surface area (Å²) in [5.41, 5.74) is 0. The average Bonchev–Trinajstić information content (AvgIpc) is 2.77. The minimum atomic E-state index is -0.347. The standard InChI is InChI=1S/C12H14O4S/c1-3-16-11(13)6-4-5-9-7-8-10(17-9)12(14)15-2/h4-5,7-8H,3,6H2,1-2H3. The molecule has 0 bridgehead atoms. The maximum atomic E-state index is 11.2. The molecule has 1 heterocycles. The number of carbonyl (C=O) groups is 2. The molecule has 0 radical (unpaired) electrons. The van der Waals surface area contributed by atoms with Gasteiger partial charge in [-0.1, -0.05) is 6.08 Å². The second kappa shape index (κ2) is 6.85. The number of hydrogen-bond acceptors (Lipinski definition) is 5. The van der Waals surface area contributed by atoms with E-state index in [2.05, 4.69) is 4.74 Å². The van der Waals surface area contributed by atoms with Gasteiger partial charge in [-0.3, -0.25) is 4.79 Å². The van der Waals surface area contributed by atoms with Gasteiger partial charge in [0.15, 0.2) is 0 Å². The summed E-state index contributed by atoms with van der Waals surface area (Å²) in [6, 6.07) is 3.50.